The molecule has 3 aromatic rings. The largest absolute Gasteiger partial charge is 0.389 e. The van der Waals surface area contributed by atoms with Gasteiger partial charge in [0.05, 0.1) is 31.1 Å². The van der Waals surface area contributed by atoms with Gasteiger partial charge in [0.25, 0.3) is 0 Å². The van der Waals surface area contributed by atoms with Gasteiger partial charge >= 0.3 is 0 Å². The second-order valence-corrected chi connectivity index (χ2v) is 9.85. The molecule has 5 nitrogen and oxygen atoms in total. The van der Waals surface area contributed by atoms with E-state index >= 15 is 0 Å². The van der Waals surface area contributed by atoms with E-state index in [1.165, 1.54) is 18.2 Å². The average molecular weight is 447 g/mol. The number of halogens is 2. The van der Waals surface area contributed by atoms with Crippen molar-refractivity contribution < 1.29 is 22.3 Å². The van der Waals surface area contributed by atoms with Crippen LogP contribution in [-0.2, 0) is 16.6 Å². The van der Waals surface area contributed by atoms with Crippen molar-refractivity contribution in [3.63, 3.8) is 0 Å². The number of benzene rings is 2. The molecule has 31 heavy (non-hydrogen) atoms. The number of anilines is 1. The molecule has 2 aromatic carbocycles. The molecule has 1 heterocycles. The summed E-state index contributed by atoms with van der Waals surface area (Å²) < 4.78 is 55.9. The summed E-state index contributed by atoms with van der Waals surface area (Å²) in [6.07, 6.45) is 1.97. The first-order chi connectivity index (χ1) is 14.7. The van der Waals surface area contributed by atoms with E-state index < -0.39 is 34.0 Å². The standard InChI is InChI=1S/C23H24F2N2O3S/c1-15-20(25)9-11-22-23(15)19-12-16(24)8-10-21(19)26(22)13-18(28)14-27(31(2,29)30)17-6-4-3-5-7-17/h3-12,15,18,20,28H,13-14H2,1-2H3. The number of nitrogens with zero attached hydrogens (tertiary/aromatic N) is 2. The number of para-hydroxylation sites is 1. The normalized spacial score (nSPS) is 19.4. The molecule has 0 saturated heterocycles. The predicted molar refractivity (Wildman–Crippen MR) is 119 cm³/mol. The predicted octanol–water partition coefficient (Wildman–Crippen LogP) is 4.08. The van der Waals surface area contributed by atoms with Crippen LogP contribution in [-0.4, -0.2) is 43.2 Å². The van der Waals surface area contributed by atoms with Crippen molar-refractivity contribution in [1.82, 2.24) is 4.57 Å². The van der Waals surface area contributed by atoms with Gasteiger partial charge in [-0.15, -0.1) is 0 Å². The average Bonchev–Trinajstić information content (AvgIpc) is 3.02. The van der Waals surface area contributed by atoms with E-state index in [1.807, 2.05) is 0 Å². The number of alkyl halides is 1. The van der Waals surface area contributed by atoms with Crippen LogP contribution in [0.25, 0.3) is 17.0 Å². The van der Waals surface area contributed by atoms with Crippen LogP contribution in [0.1, 0.15) is 24.1 Å². The minimum Gasteiger partial charge on any atom is -0.389 e. The third-order valence-electron chi connectivity index (χ3n) is 5.69. The summed E-state index contributed by atoms with van der Waals surface area (Å²) >= 11 is 0. The van der Waals surface area contributed by atoms with Gasteiger partial charge in [0.1, 0.15) is 12.0 Å². The van der Waals surface area contributed by atoms with Gasteiger partial charge in [-0.05, 0) is 48.0 Å². The molecular formula is C23H24F2N2O3S. The second kappa shape index (κ2) is 8.09. The monoisotopic (exact) mass is 446 g/mol. The molecule has 0 fully saturated rings. The summed E-state index contributed by atoms with van der Waals surface area (Å²) in [4.78, 5) is 0. The van der Waals surface area contributed by atoms with Gasteiger partial charge in [0.2, 0.25) is 10.0 Å². The summed E-state index contributed by atoms with van der Waals surface area (Å²) in [7, 11) is -3.62. The van der Waals surface area contributed by atoms with Crippen molar-refractivity contribution >= 4 is 32.7 Å². The van der Waals surface area contributed by atoms with Crippen LogP contribution in [0.3, 0.4) is 0 Å². The molecule has 1 aromatic heterocycles. The molecule has 0 radical (unpaired) electrons. The Bertz CT molecular complexity index is 1240. The summed E-state index contributed by atoms with van der Waals surface area (Å²) in [5, 5.41) is 11.5. The lowest BCUT2D eigenvalue weighted by molar-refractivity contribution is 0.164. The van der Waals surface area contributed by atoms with Crippen LogP contribution in [0.15, 0.2) is 54.6 Å². The minimum atomic E-state index is -3.62. The molecule has 4 rings (SSSR count). The topological polar surface area (TPSA) is 62.5 Å². The van der Waals surface area contributed by atoms with E-state index in [2.05, 4.69) is 0 Å². The molecule has 3 atom stereocenters. The first kappa shape index (κ1) is 21.5. The molecular weight excluding hydrogens is 422 g/mol. The smallest absolute Gasteiger partial charge is 0.232 e. The van der Waals surface area contributed by atoms with Gasteiger partial charge in [-0.2, -0.15) is 0 Å². The fraction of sp³-hybridized carbons (Fsp3) is 0.304. The second-order valence-electron chi connectivity index (χ2n) is 7.95. The first-order valence-electron chi connectivity index (χ1n) is 10.0. The maximum Gasteiger partial charge on any atom is 0.232 e. The molecule has 0 spiro atoms. The lowest BCUT2D eigenvalue weighted by Crippen LogP contribution is -2.38. The summed E-state index contributed by atoms with van der Waals surface area (Å²) in [5.41, 5.74) is 2.52. The Balaban J connectivity index is 1.72. The van der Waals surface area contributed by atoms with Crippen molar-refractivity contribution in [2.75, 3.05) is 17.1 Å². The van der Waals surface area contributed by atoms with E-state index in [-0.39, 0.29) is 13.1 Å². The Morgan fingerprint density at radius 3 is 2.58 bits per heavy atom. The van der Waals surface area contributed by atoms with Crippen molar-refractivity contribution in [1.29, 1.82) is 0 Å². The quantitative estimate of drug-likeness (QED) is 0.621. The zero-order valence-corrected chi connectivity index (χ0v) is 18.1. The molecule has 3 unspecified atom stereocenters. The molecule has 0 bridgehead atoms. The highest BCUT2D eigenvalue weighted by atomic mass is 32.2. The molecule has 0 aliphatic heterocycles. The molecule has 1 N–H and O–H groups in total. The highest BCUT2D eigenvalue weighted by molar-refractivity contribution is 7.92. The SMILES string of the molecule is CC1c2c(n(CC(O)CN(c3ccccc3)S(C)(=O)=O)c3ccc(F)cc23)C=CC1F. The summed E-state index contributed by atoms with van der Waals surface area (Å²) in [6, 6.07) is 12.9. The number of fused-ring (bicyclic) bond motifs is 3. The Hall–Kier alpha value is -2.71. The Morgan fingerprint density at radius 2 is 1.90 bits per heavy atom. The maximum atomic E-state index is 14.3. The molecule has 1 aliphatic carbocycles. The van der Waals surface area contributed by atoms with Gasteiger partial charge in [-0.3, -0.25) is 4.31 Å². The number of sulfonamides is 1. The fourth-order valence-electron chi connectivity index (χ4n) is 4.22. The van der Waals surface area contributed by atoms with E-state index in [1.54, 1.807) is 54.0 Å². The minimum absolute atomic E-state index is 0.0737. The van der Waals surface area contributed by atoms with Gasteiger partial charge in [0.15, 0.2) is 0 Å². The fourth-order valence-corrected chi connectivity index (χ4v) is 5.17. The van der Waals surface area contributed by atoms with E-state index in [4.69, 9.17) is 0 Å². The lowest BCUT2D eigenvalue weighted by atomic mass is 9.89. The number of allylic oxidation sites excluding steroid dienone is 1. The molecule has 164 valence electrons. The molecule has 0 saturated carbocycles. The van der Waals surface area contributed by atoms with Crippen LogP contribution >= 0.6 is 0 Å². The van der Waals surface area contributed by atoms with Crippen molar-refractivity contribution in [2.45, 2.75) is 31.7 Å². The summed E-state index contributed by atoms with van der Waals surface area (Å²) in [5.74, 6) is -0.878. The van der Waals surface area contributed by atoms with Crippen LogP contribution < -0.4 is 4.31 Å². The zero-order chi connectivity index (χ0) is 22.3. The van der Waals surface area contributed by atoms with Gasteiger partial charge in [-0.25, -0.2) is 17.2 Å². The molecule has 8 heteroatoms. The number of aliphatic hydroxyl groups excluding tert-OH is 1. The van der Waals surface area contributed by atoms with Gasteiger partial charge in [0, 0.05) is 22.5 Å². The van der Waals surface area contributed by atoms with Gasteiger partial charge in [-0.1, -0.05) is 25.1 Å². The Morgan fingerprint density at radius 1 is 1.19 bits per heavy atom. The third kappa shape index (κ3) is 4.09. The lowest BCUT2D eigenvalue weighted by Gasteiger charge is -2.26. The molecule has 0 amide bonds. The maximum absolute atomic E-state index is 14.3. The third-order valence-corrected chi connectivity index (χ3v) is 6.85. The van der Waals surface area contributed by atoms with Crippen molar-refractivity contribution in [3.05, 3.63) is 71.7 Å². The molecule has 1 aliphatic rings. The van der Waals surface area contributed by atoms with E-state index in [0.29, 0.717) is 27.8 Å². The van der Waals surface area contributed by atoms with E-state index in [0.717, 1.165) is 10.6 Å². The zero-order valence-electron chi connectivity index (χ0n) is 17.2. The Labute approximate surface area is 180 Å². The van der Waals surface area contributed by atoms with Gasteiger partial charge < -0.3 is 9.67 Å². The number of rotatable bonds is 6. The highest BCUT2D eigenvalue weighted by Gasteiger charge is 2.30. The van der Waals surface area contributed by atoms with Crippen LogP contribution in [0.4, 0.5) is 14.5 Å². The number of hydrogen-bond donors (Lipinski definition) is 1. The first-order valence-corrected chi connectivity index (χ1v) is 11.9. The number of aromatic nitrogens is 1. The van der Waals surface area contributed by atoms with Crippen LogP contribution in [0.2, 0.25) is 0 Å². The van der Waals surface area contributed by atoms with E-state index in [9.17, 15) is 22.3 Å². The number of aliphatic hydroxyl groups is 1. The van der Waals surface area contributed by atoms with Crippen molar-refractivity contribution in [3.8, 4) is 0 Å². The Kier molecular flexibility index (Phi) is 5.61. The number of hydrogen-bond acceptors (Lipinski definition) is 3. The van der Waals surface area contributed by atoms with Crippen LogP contribution in [0.5, 0.6) is 0 Å². The van der Waals surface area contributed by atoms with Crippen molar-refractivity contribution in [2.24, 2.45) is 0 Å². The van der Waals surface area contributed by atoms with Crippen LogP contribution in [0, 0.1) is 5.82 Å². The highest BCUT2D eigenvalue weighted by Crippen LogP contribution is 2.39. The summed E-state index contributed by atoms with van der Waals surface area (Å²) in [6.45, 7) is 1.67.